The number of carbonyl (C=O) groups excluding carboxylic acids is 2. The first-order valence-electron chi connectivity index (χ1n) is 10.9. The maximum atomic E-state index is 13.4. The number of hydrogen-bond donors (Lipinski definition) is 2. The first-order chi connectivity index (χ1) is 15.1. The van der Waals surface area contributed by atoms with Gasteiger partial charge in [-0.15, -0.1) is 0 Å². The van der Waals surface area contributed by atoms with Crippen LogP contribution in [0.2, 0.25) is 0 Å². The monoisotopic (exact) mass is 434 g/mol. The minimum Gasteiger partial charge on any atom is -0.336 e. The number of anilines is 2. The average Bonchev–Trinajstić information content (AvgIpc) is 3.31. The number of amides is 3. The normalized spacial score (nSPS) is 14.3. The lowest BCUT2D eigenvalue weighted by atomic mass is 10.0. The van der Waals surface area contributed by atoms with Gasteiger partial charge in [0.1, 0.15) is 0 Å². The Morgan fingerprint density at radius 3 is 2.44 bits per heavy atom. The lowest BCUT2D eigenvalue weighted by Gasteiger charge is -2.20. The van der Waals surface area contributed by atoms with Crippen LogP contribution in [0.1, 0.15) is 62.3 Å². The first kappa shape index (κ1) is 21.8. The third kappa shape index (κ3) is 3.92. The van der Waals surface area contributed by atoms with E-state index in [1.807, 2.05) is 41.9 Å². The van der Waals surface area contributed by atoms with Crippen LogP contribution < -0.4 is 15.5 Å². The Morgan fingerprint density at radius 1 is 1.19 bits per heavy atom. The third-order valence-electron chi connectivity index (χ3n) is 5.60. The van der Waals surface area contributed by atoms with Crippen molar-refractivity contribution in [3.8, 4) is 0 Å². The minimum atomic E-state index is -0.263. The largest absolute Gasteiger partial charge is 0.336 e. The van der Waals surface area contributed by atoms with Gasteiger partial charge in [-0.05, 0) is 63.9 Å². The van der Waals surface area contributed by atoms with E-state index in [0.29, 0.717) is 24.3 Å². The molecular formula is C24H30N6O2. The summed E-state index contributed by atoms with van der Waals surface area (Å²) in [6.07, 6.45) is 0. The van der Waals surface area contributed by atoms with Crippen LogP contribution in [-0.4, -0.2) is 39.8 Å². The van der Waals surface area contributed by atoms with E-state index in [9.17, 15) is 9.59 Å². The molecule has 0 unspecified atom stereocenters. The molecule has 32 heavy (non-hydrogen) atoms. The molecule has 0 aliphatic carbocycles. The predicted octanol–water partition coefficient (Wildman–Crippen LogP) is 4.40. The van der Waals surface area contributed by atoms with Crippen molar-refractivity contribution in [1.29, 1.82) is 0 Å². The van der Waals surface area contributed by atoms with Gasteiger partial charge in [0.05, 0.1) is 22.2 Å². The summed E-state index contributed by atoms with van der Waals surface area (Å²) in [5, 5.41) is 11.3. The number of carbonyl (C=O) groups is 2. The van der Waals surface area contributed by atoms with Crippen molar-refractivity contribution < 1.29 is 9.59 Å². The summed E-state index contributed by atoms with van der Waals surface area (Å²) in [4.78, 5) is 31.8. The first-order valence-corrected chi connectivity index (χ1v) is 10.9. The average molecular weight is 435 g/mol. The number of hydrogen-bond acceptors (Lipinski definition) is 4. The van der Waals surface area contributed by atoms with Crippen molar-refractivity contribution in [3.63, 3.8) is 0 Å². The van der Waals surface area contributed by atoms with Crippen LogP contribution in [0, 0.1) is 6.92 Å². The van der Waals surface area contributed by atoms with Gasteiger partial charge in [-0.1, -0.05) is 13.8 Å². The van der Waals surface area contributed by atoms with Crippen molar-refractivity contribution in [2.75, 3.05) is 23.3 Å². The Morgan fingerprint density at radius 2 is 1.88 bits per heavy atom. The molecule has 168 valence electrons. The quantitative estimate of drug-likeness (QED) is 0.637. The molecular weight excluding hydrogens is 404 g/mol. The molecule has 1 saturated heterocycles. The molecule has 2 N–H and O–H groups in total. The molecule has 2 aromatic heterocycles. The zero-order valence-electron chi connectivity index (χ0n) is 19.5. The number of pyridine rings is 1. The van der Waals surface area contributed by atoms with Crippen LogP contribution in [0.3, 0.4) is 0 Å². The van der Waals surface area contributed by atoms with Crippen molar-refractivity contribution >= 4 is 34.3 Å². The van der Waals surface area contributed by atoms with Gasteiger partial charge in [0.25, 0.3) is 5.91 Å². The highest BCUT2D eigenvalue weighted by molar-refractivity contribution is 6.12. The Balaban J connectivity index is 1.70. The number of nitrogens with zero attached hydrogens (tertiary/aromatic N) is 4. The summed E-state index contributed by atoms with van der Waals surface area (Å²) in [6.45, 7) is 13.5. The van der Waals surface area contributed by atoms with Gasteiger partial charge in [0, 0.05) is 30.2 Å². The highest BCUT2D eigenvalue weighted by Gasteiger charge is 2.25. The fraction of sp³-hybridized carbons (Fsp3) is 0.417. The summed E-state index contributed by atoms with van der Waals surface area (Å²) < 4.78 is 1.90. The Bertz CT molecular complexity index is 1190. The number of rotatable bonds is 4. The van der Waals surface area contributed by atoms with Crippen LogP contribution in [-0.2, 0) is 5.54 Å². The molecule has 3 aromatic rings. The van der Waals surface area contributed by atoms with E-state index in [-0.39, 0.29) is 23.4 Å². The number of nitrogens with one attached hydrogen (secondary N) is 2. The number of fused-ring (bicyclic) bond motifs is 1. The molecule has 0 saturated carbocycles. The standard InChI is InChI=1S/C24H30N6O2/c1-14(2)19-13-18(20-15(3)28-30(21(20)27-19)24(4,5)6)22(31)26-16-7-9-17(10-8-16)29-12-11-25-23(29)32/h7-10,13-14H,11-12H2,1-6H3,(H,25,32)(H,26,31). The molecule has 3 heterocycles. The summed E-state index contributed by atoms with van der Waals surface area (Å²) in [7, 11) is 0. The number of aromatic nitrogens is 3. The van der Waals surface area contributed by atoms with E-state index in [1.54, 1.807) is 4.90 Å². The van der Waals surface area contributed by atoms with E-state index in [4.69, 9.17) is 10.1 Å². The van der Waals surface area contributed by atoms with Crippen molar-refractivity contribution in [2.45, 2.75) is 53.0 Å². The SMILES string of the molecule is Cc1nn(C(C)(C)C)c2nc(C(C)C)cc(C(=O)Nc3ccc(N4CCNC4=O)cc3)c12. The second kappa shape index (κ2) is 7.93. The molecule has 0 atom stereocenters. The molecule has 8 heteroatoms. The zero-order valence-corrected chi connectivity index (χ0v) is 19.5. The van der Waals surface area contributed by atoms with E-state index < -0.39 is 0 Å². The van der Waals surface area contributed by atoms with Crippen LogP contribution in [0.25, 0.3) is 11.0 Å². The number of aryl methyl sites for hydroxylation is 1. The second-order valence-electron chi connectivity index (χ2n) is 9.50. The summed E-state index contributed by atoms with van der Waals surface area (Å²) in [5.41, 5.74) is 4.11. The summed E-state index contributed by atoms with van der Waals surface area (Å²) >= 11 is 0. The second-order valence-corrected chi connectivity index (χ2v) is 9.50. The molecule has 0 bridgehead atoms. The van der Waals surface area contributed by atoms with Gasteiger partial charge >= 0.3 is 6.03 Å². The maximum absolute atomic E-state index is 13.4. The Hall–Kier alpha value is -3.42. The fourth-order valence-corrected chi connectivity index (χ4v) is 3.89. The van der Waals surface area contributed by atoms with Gasteiger partial charge in [-0.25, -0.2) is 14.5 Å². The minimum absolute atomic E-state index is 0.103. The van der Waals surface area contributed by atoms with Crippen LogP contribution in [0.5, 0.6) is 0 Å². The molecule has 0 radical (unpaired) electrons. The molecule has 0 spiro atoms. The Kier molecular flexibility index (Phi) is 5.40. The number of urea groups is 1. The third-order valence-corrected chi connectivity index (χ3v) is 5.60. The molecule has 1 aliphatic rings. The van der Waals surface area contributed by atoms with Gasteiger partial charge in [-0.2, -0.15) is 5.10 Å². The molecule has 3 amide bonds. The predicted molar refractivity (Wildman–Crippen MR) is 126 cm³/mol. The van der Waals surface area contributed by atoms with Gasteiger partial charge in [-0.3, -0.25) is 9.69 Å². The highest BCUT2D eigenvalue weighted by atomic mass is 16.2. The maximum Gasteiger partial charge on any atom is 0.321 e. The number of benzene rings is 1. The van der Waals surface area contributed by atoms with Gasteiger partial charge in [0.2, 0.25) is 0 Å². The van der Waals surface area contributed by atoms with Crippen molar-refractivity contribution in [1.82, 2.24) is 20.1 Å². The molecule has 1 aromatic carbocycles. The van der Waals surface area contributed by atoms with Crippen LogP contribution in [0.15, 0.2) is 30.3 Å². The van der Waals surface area contributed by atoms with E-state index >= 15 is 0 Å². The van der Waals surface area contributed by atoms with E-state index in [1.165, 1.54) is 0 Å². The summed E-state index contributed by atoms with van der Waals surface area (Å²) in [6, 6.07) is 9.06. The zero-order chi connectivity index (χ0) is 23.2. The van der Waals surface area contributed by atoms with Crippen LogP contribution >= 0.6 is 0 Å². The summed E-state index contributed by atoms with van der Waals surface area (Å²) in [5.74, 6) is -0.0389. The van der Waals surface area contributed by atoms with Crippen molar-refractivity contribution in [3.05, 3.63) is 47.3 Å². The van der Waals surface area contributed by atoms with Gasteiger partial charge in [0.15, 0.2) is 5.65 Å². The molecule has 8 nitrogen and oxygen atoms in total. The lowest BCUT2D eigenvalue weighted by molar-refractivity contribution is 0.102. The lowest BCUT2D eigenvalue weighted by Crippen LogP contribution is -2.27. The van der Waals surface area contributed by atoms with Gasteiger partial charge < -0.3 is 10.6 Å². The fourth-order valence-electron chi connectivity index (χ4n) is 3.89. The Labute approximate surface area is 188 Å². The molecule has 1 fully saturated rings. The molecule has 4 rings (SSSR count). The smallest absolute Gasteiger partial charge is 0.321 e. The topological polar surface area (TPSA) is 92.2 Å². The highest BCUT2D eigenvalue weighted by Crippen LogP contribution is 2.29. The van der Waals surface area contributed by atoms with E-state index in [0.717, 1.165) is 28.1 Å². The van der Waals surface area contributed by atoms with Crippen LogP contribution in [0.4, 0.5) is 16.2 Å². The molecule has 1 aliphatic heterocycles. The van der Waals surface area contributed by atoms with Crippen molar-refractivity contribution in [2.24, 2.45) is 0 Å². The van der Waals surface area contributed by atoms with E-state index in [2.05, 4.69) is 45.3 Å².